The molecule has 0 spiro atoms. The molecule has 0 radical (unpaired) electrons. The van der Waals surface area contributed by atoms with Gasteiger partial charge in [-0.2, -0.15) is 0 Å². The normalized spacial score (nSPS) is 17.2. The van der Waals surface area contributed by atoms with Gasteiger partial charge in [0.15, 0.2) is 0 Å². The van der Waals surface area contributed by atoms with E-state index in [1.807, 2.05) is 0 Å². The van der Waals surface area contributed by atoms with Crippen molar-refractivity contribution < 1.29 is 0 Å². The van der Waals surface area contributed by atoms with Crippen molar-refractivity contribution in [3.05, 3.63) is 52.0 Å². The van der Waals surface area contributed by atoms with Gasteiger partial charge in [-0.05, 0) is 5.56 Å². The Labute approximate surface area is 135 Å². The Hall–Kier alpha value is -0.940. The van der Waals surface area contributed by atoms with Gasteiger partial charge in [0.2, 0.25) is 0 Å². The molecule has 0 amide bonds. The summed E-state index contributed by atoms with van der Waals surface area (Å²) in [6.45, 7) is 6.50. The molecular formula is C16H20ClN3S. The maximum Gasteiger partial charge on any atom is 0.107 e. The van der Waals surface area contributed by atoms with E-state index in [4.69, 9.17) is 11.6 Å². The van der Waals surface area contributed by atoms with Crippen LogP contribution < -0.4 is 0 Å². The molecule has 3 nitrogen and oxygen atoms in total. The molecule has 2 aromatic rings. The van der Waals surface area contributed by atoms with Crippen LogP contribution in [-0.4, -0.2) is 41.0 Å². The quantitative estimate of drug-likeness (QED) is 0.788. The number of benzene rings is 1. The van der Waals surface area contributed by atoms with Crippen LogP contribution in [0.1, 0.15) is 16.3 Å². The molecule has 5 heteroatoms. The average molecular weight is 322 g/mol. The second-order valence-electron chi connectivity index (χ2n) is 5.40. The fraction of sp³-hybridized carbons (Fsp3) is 0.438. The number of thiazole rings is 1. The number of alkyl halides is 1. The fourth-order valence-electron chi connectivity index (χ4n) is 2.62. The molecule has 1 aliphatic heterocycles. The molecular weight excluding hydrogens is 302 g/mol. The molecule has 1 fully saturated rings. The number of hydrogen-bond donors (Lipinski definition) is 0. The van der Waals surface area contributed by atoms with Crippen LogP contribution in [0.15, 0.2) is 35.7 Å². The van der Waals surface area contributed by atoms with E-state index in [9.17, 15) is 0 Å². The Kier molecular flexibility index (Phi) is 5.25. The van der Waals surface area contributed by atoms with Crippen LogP contribution in [0.3, 0.4) is 0 Å². The first-order valence-electron chi connectivity index (χ1n) is 7.31. The van der Waals surface area contributed by atoms with Gasteiger partial charge in [0.1, 0.15) is 5.01 Å². The van der Waals surface area contributed by atoms with Crippen LogP contribution in [0.2, 0.25) is 0 Å². The summed E-state index contributed by atoms with van der Waals surface area (Å²) in [6, 6.07) is 10.7. The van der Waals surface area contributed by atoms with Crippen LogP contribution >= 0.6 is 22.9 Å². The second kappa shape index (κ2) is 7.36. The number of piperazine rings is 1. The topological polar surface area (TPSA) is 19.4 Å². The zero-order valence-corrected chi connectivity index (χ0v) is 13.6. The van der Waals surface area contributed by atoms with Crippen molar-refractivity contribution in [2.24, 2.45) is 0 Å². The highest BCUT2D eigenvalue weighted by atomic mass is 35.5. The van der Waals surface area contributed by atoms with Crippen molar-refractivity contribution >= 4 is 22.9 Å². The number of nitrogens with zero attached hydrogens (tertiary/aromatic N) is 3. The third-order valence-electron chi connectivity index (χ3n) is 3.81. The Morgan fingerprint density at radius 3 is 2.29 bits per heavy atom. The minimum atomic E-state index is 0.515. The lowest BCUT2D eigenvalue weighted by Gasteiger charge is -2.34. The van der Waals surface area contributed by atoms with E-state index in [2.05, 4.69) is 50.5 Å². The van der Waals surface area contributed by atoms with Gasteiger partial charge in [-0.25, -0.2) is 4.98 Å². The maximum atomic E-state index is 5.80. The van der Waals surface area contributed by atoms with Crippen LogP contribution in [0.4, 0.5) is 0 Å². The molecule has 1 aromatic heterocycles. The van der Waals surface area contributed by atoms with Gasteiger partial charge in [0.25, 0.3) is 0 Å². The third-order valence-corrected chi connectivity index (χ3v) is 4.97. The molecule has 0 unspecified atom stereocenters. The fourth-order valence-corrected chi connectivity index (χ4v) is 3.68. The van der Waals surface area contributed by atoms with Crippen molar-refractivity contribution in [1.82, 2.24) is 14.8 Å². The molecule has 1 aliphatic rings. The third kappa shape index (κ3) is 4.27. The average Bonchev–Trinajstić information content (AvgIpc) is 2.98. The Morgan fingerprint density at radius 1 is 1.00 bits per heavy atom. The first-order valence-corrected chi connectivity index (χ1v) is 8.73. The van der Waals surface area contributed by atoms with Crippen LogP contribution in [0, 0.1) is 0 Å². The van der Waals surface area contributed by atoms with Gasteiger partial charge >= 0.3 is 0 Å². The summed E-state index contributed by atoms with van der Waals surface area (Å²) in [5, 5.41) is 3.25. The number of hydrogen-bond acceptors (Lipinski definition) is 4. The molecule has 0 aliphatic carbocycles. The lowest BCUT2D eigenvalue weighted by Crippen LogP contribution is -2.45. The highest BCUT2D eigenvalue weighted by Gasteiger charge is 2.18. The minimum Gasteiger partial charge on any atom is -0.297 e. The number of halogens is 1. The van der Waals surface area contributed by atoms with Gasteiger partial charge in [-0.1, -0.05) is 30.3 Å². The Balaban J connectivity index is 1.46. The molecule has 0 atom stereocenters. The van der Waals surface area contributed by atoms with Gasteiger partial charge in [-0.3, -0.25) is 9.80 Å². The monoisotopic (exact) mass is 321 g/mol. The first-order chi connectivity index (χ1) is 10.3. The van der Waals surface area contributed by atoms with Crippen LogP contribution in [0.25, 0.3) is 0 Å². The molecule has 1 aromatic carbocycles. The molecule has 3 rings (SSSR count). The summed E-state index contributed by atoms with van der Waals surface area (Å²) in [7, 11) is 0. The predicted octanol–water partition coefficient (Wildman–Crippen LogP) is 3.20. The highest BCUT2D eigenvalue weighted by Crippen LogP contribution is 2.15. The number of aromatic nitrogens is 1. The number of rotatable bonds is 5. The summed E-state index contributed by atoms with van der Waals surface area (Å²) in [5.74, 6) is 0.515. The summed E-state index contributed by atoms with van der Waals surface area (Å²) >= 11 is 7.52. The SMILES string of the molecule is ClCc1csc(CN2CCN(Cc3ccccc3)CC2)n1. The molecule has 2 heterocycles. The highest BCUT2D eigenvalue weighted by molar-refractivity contribution is 7.09. The van der Waals surface area contributed by atoms with Crippen molar-refractivity contribution in [3.63, 3.8) is 0 Å². The zero-order valence-electron chi connectivity index (χ0n) is 12.0. The molecule has 1 saturated heterocycles. The largest absolute Gasteiger partial charge is 0.297 e. The van der Waals surface area contributed by atoms with E-state index >= 15 is 0 Å². The molecule has 0 N–H and O–H groups in total. The van der Waals surface area contributed by atoms with E-state index in [0.29, 0.717) is 5.88 Å². The van der Waals surface area contributed by atoms with Crippen LogP contribution in [0.5, 0.6) is 0 Å². The summed E-state index contributed by atoms with van der Waals surface area (Å²) in [6.07, 6.45) is 0. The molecule has 0 bridgehead atoms. The zero-order chi connectivity index (χ0) is 14.5. The van der Waals surface area contributed by atoms with E-state index in [1.165, 1.54) is 10.6 Å². The Morgan fingerprint density at radius 2 is 1.67 bits per heavy atom. The summed E-state index contributed by atoms with van der Waals surface area (Å²) in [5.41, 5.74) is 2.40. The summed E-state index contributed by atoms with van der Waals surface area (Å²) < 4.78 is 0. The second-order valence-corrected chi connectivity index (χ2v) is 6.61. The van der Waals surface area contributed by atoms with Crippen molar-refractivity contribution in [2.75, 3.05) is 26.2 Å². The Bertz CT molecular complexity index is 550. The molecule has 112 valence electrons. The molecule has 0 saturated carbocycles. The lowest BCUT2D eigenvalue weighted by molar-refractivity contribution is 0.122. The van der Waals surface area contributed by atoms with E-state index in [-0.39, 0.29) is 0 Å². The predicted molar refractivity (Wildman–Crippen MR) is 88.7 cm³/mol. The lowest BCUT2D eigenvalue weighted by atomic mass is 10.2. The maximum absolute atomic E-state index is 5.80. The molecule has 21 heavy (non-hydrogen) atoms. The van der Waals surface area contributed by atoms with Gasteiger partial charge in [-0.15, -0.1) is 22.9 Å². The summed E-state index contributed by atoms with van der Waals surface area (Å²) in [4.78, 5) is 9.55. The van der Waals surface area contributed by atoms with Crippen molar-refractivity contribution in [3.8, 4) is 0 Å². The van der Waals surface area contributed by atoms with E-state index in [1.54, 1.807) is 11.3 Å². The van der Waals surface area contributed by atoms with Crippen LogP contribution in [-0.2, 0) is 19.0 Å². The van der Waals surface area contributed by atoms with E-state index < -0.39 is 0 Å². The minimum absolute atomic E-state index is 0.515. The standard InChI is InChI=1S/C16H20ClN3S/c17-10-15-13-21-16(18-15)12-20-8-6-19(7-9-20)11-14-4-2-1-3-5-14/h1-5,13H,6-12H2. The van der Waals surface area contributed by atoms with Crippen molar-refractivity contribution in [1.29, 1.82) is 0 Å². The van der Waals surface area contributed by atoms with Gasteiger partial charge in [0.05, 0.1) is 18.1 Å². The van der Waals surface area contributed by atoms with E-state index in [0.717, 1.165) is 45.0 Å². The smallest absolute Gasteiger partial charge is 0.107 e. The van der Waals surface area contributed by atoms with Crippen molar-refractivity contribution in [2.45, 2.75) is 19.0 Å². The van der Waals surface area contributed by atoms with Gasteiger partial charge in [0, 0.05) is 38.1 Å². The van der Waals surface area contributed by atoms with Gasteiger partial charge < -0.3 is 0 Å². The first kappa shape index (κ1) is 15.0.